The van der Waals surface area contributed by atoms with Gasteiger partial charge in [0.1, 0.15) is 5.69 Å². The molecule has 1 amide bonds. The van der Waals surface area contributed by atoms with Gasteiger partial charge in [0.2, 0.25) is 5.95 Å². The minimum absolute atomic E-state index is 0.00491. The third kappa shape index (κ3) is 2.77. The summed E-state index contributed by atoms with van der Waals surface area (Å²) in [6, 6.07) is 3.60. The molecule has 5 heteroatoms. The van der Waals surface area contributed by atoms with Crippen molar-refractivity contribution in [3.8, 4) is 0 Å². The van der Waals surface area contributed by atoms with Crippen LogP contribution >= 0.6 is 0 Å². The maximum absolute atomic E-state index is 12.6. The normalized spacial score (nSPS) is 12.2. The molecule has 0 aromatic carbocycles. The third-order valence-corrected chi connectivity index (χ3v) is 1.60. The zero-order valence-electron chi connectivity index (χ0n) is 7.70. The Hall–Kier alpha value is -1.49. The number of carbonyl (C=O) groups excluding carboxylic acids is 1. The van der Waals surface area contributed by atoms with Crippen molar-refractivity contribution in [3.05, 3.63) is 29.8 Å². The zero-order chi connectivity index (χ0) is 10.6. The van der Waals surface area contributed by atoms with Crippen molar-refractivity contribution in [1.82, 2.24) is 10.3 Å². The van der Waals surface area contributed by atoms with E-state index in [1.54, 1.807) is 6.92 Å². The highest BCUT2D eigenvalue weighted by Gasteiger charge is 2.10. The number of nitrogens with one attached hydrogen (secondary N) is 1. The zero-order valence-corrected chi connectivity index (χ0v) is 7.70. The molecule has 0 aliphatic rings. The van der Waals surface area contributed by atoms with Gasteiger partial charge in [0.15, 0.2) is 0 Å². The second-order valence-corrected chi connectivity index (χ2v) is 2.90. The molecule has 1 heterocycles. The summed E-state index contributed by atoms with van der Waals surface area (Å²) in [6.07, 6.45) is 0. The summed E-state index contributed by atoms with van der Waals surface area (Å²) in [7, 11) is 0. The highest BCUT2D eigenvalue weighted by Crippen LogP contribution is 1.98. The summed E-state index contributed by atoms with van der Waals surface area (Å²) in [4.78, 5) is 14.7. The van der Waals surface area contributed by atoms with Crippen LogP contribution in [0.4, 0.5) is 4.39 Å². The molecule has 0 unspecified atom stereocenters. The molecular weight excluding hydrogens is 187 g/mol. The highest BCUT2D eigenvalue weighted by molar-refractivity contribution is 5.92. The van der Waals surface area contributed by atoms with E-state index in [1.165, 1.54) is 12.1 Å². The lowest BCUT2D eigenvalue weighted by atomic mass is 10.3. The van der Waals surface area contributed by atoms with E-state index in [0.29, 0.717) is 0 Å². The van der Waals surface area contributed by atoms with Crippen molar-refractivity contribution in [2.45, 2.75) is 13.0 Å². The number of nitrogens with zero attached hydrogens (tertiary/aromatic N) is 1. The first-order valence-electron chi connectivity index (χ1n) is 4.17. The SMILES string of the molecule is C[C@@H](CO)NC(=O)c1cccc(F)n1. The van der Waals surface area contributed by atoms with Gasteiger partial charge in [0.25, 0.3) is 5.91 Å². The number of carbonyl (C=O) groups is 1. The number of aromatic nitrogens is 1. The van der Waals surface area contributed by atoms with E-state index in [4.69, 9.17) is 5.11 Å². The molecule has 0 radical (unpaired) electrons. The molecule has 0 fully saturated rings. The molecule has 0 spiro atoms. The van der Waals surface area contributed by atoms with Gasteiger partial charge in [0, 0.05) is 6.04 Å². The Bertz CT molecular complexity index is 330. The number of hydrogen-bond acceptors (Lipinski definition) is 3. The molecule has 1 atom stereocenters. The molecule has 1 aromatic rings. The van der Waals surface area contributed by atoms with E-state index >= 15 is 0 Å². The van der Waals surface area contributed by atoms with Crippen LogP contribution in [0.25, 0.3) is 0 Å². The molecule has 0 saturated heterocycles. The summed E-state index contributed by atoms with van der Waals surface area (Å²) < 4.78 is 12.6. The minimum Gasteiger partial charge on any atom is -0.394 e. The number of halogens is 1. The van der Waals surface area contributed by atoms with Gasteiger partial charge >= 0.3 is 0 Å². The number of hydrogen-bond donors (Lipinski definition) is 2. The molecule has 2 N–H and O–H groups in total. The fourth-order valence-corrected chi connectivity index (χ4v) is 0.878. The van der Waals surface area contributed by atoms with Crippen LogP contribution in [0.2, 0.25) is 0 Å². The Balaban J connectivity index is 2.70. The van der Waals surface area contributed by atoms with Crippen LogP contribution < -0.4 is 5.32 Å². The average Bonchev–Trinajstić information content (AvgIpc) is 2.17. The predicted octanol–water partition coefficient (Wildman–Crippen LogP) is 0.331. The fourth-order valence-electron chi connectivity index (χ4n) is 0.878. The van der Waals surface area contributed by atoms with Crippen molar-refractivity contribution in [1.29, 1.82) is 0 Å². The molecule has 14 heavy (non-hydrogen) atoms. The molecule has 0 aliphatic carbocycles. The second kappa shape index (κ2) is 4.66. The molecule has 76 valence electrons. The molecule has 0 saturated carbocycles. The van der Waals surface area contributed by atoms with Gasteiger partial charge in [-0.15, -0.1) is 0 Å². The maximum atomic E-state index is 12.6. The summed E-state index contributed by atoms with van der Waals surface area (Å²) >= 11 is 0. The van der Waals surface area contributed by atoms with E-state index in [-0.39, 0.29) is 18.3 Å². The first kappa shape index (κ1) is 10.6. The molecule has 1 aromatic heterocycles. The van der Waals surface area contributed by atoms with Crippen LogP contribution in [-0.2, 0) is 0 Å². The van der Waals surface area contributed by atoms with Crippen molar-refractivity contribution in [3.63, 3.8) is 0 Å². The van der Waals surface area contributed by atoms with Crippen molar-refractivity contribution >= 4 is 5.91 Å². The quantitative estimate of drug-likeness (QED) is 0.688. The van der Waals surface area contributed by atoms with Gasteiger partial charge in [-0.3, -0.25) is 4.79 Å². The van der Waals surface area contributed by atoms with Crippen LogP contribution in [0.5, 0.6) is 0 Å². The van der Waals surface area contributed by atoms with E-state index in [2.05, 4.69) is 10.3 Å². The summed E-state index contributed by atoms with van der Waals surface area (Å²) in [5, 5.41) is 11.1. The molecule has 1 rings (SSSR count). The van der Waals surface area contributed by atoms with Gasteiger partial charge in [-0.2, -0.15) is 4.39 Å². The van der Waals surface area contributed by atoms with Gasteiger partial charge in [-0.05, 0) is 19.1 Å². The molecule has 0 bridgehead atoms. The average molecular weight is 198 g/mol. The first-order valence-corrected chi connectivity index (χ1v) is 4.17. The Morgan fingerprint density at radius 1 is 1.71 bits per heavy atom. The van der Waals surface area contributed by atoms with Crippen molar-refractivity contribution < 1.29 is 14.3 Å². The summed E-state index contributed by atoms with van der Waals surface area (Å²) in [5.41, 5.74) is 0.00491. The van der Waals surface area contributed by atoms with E-state index < -0.39 is 11.9 Å². The molecule has 4 nitrogen and oxygen atoms in total. The van der Waals surface area contributed by atoms with Gasteiger partial charge in [0.05, 0.1) is 6.61 Å². The topological polar surface area (TPSA) is 62.2 Å². The number of aliphatic hydroxyl groups is 1. The Morgan fingerprint density at radius 3 is 3.00 bits per heavy atom. The lowest BCUT2D eigenvalue weighted by Crippen LogP contribution is -2.35. The smallest absolute Gasteiger partial charge is 0.270 e. The van der Waals surface area contributed by atoms with E-state index in [9.17, 15) is 9.18 Å². The fraction of sp³-hybridized carbons (Fsp3) is 0.333. The lowest BCUT2D eigenvalue weighted by Gasteiger charge is -2.09. The Kier molecular flexibility index (Phi) is 3.53. The maximum Gasteiger partial charge on any atom is 0.270 e. The van der Waals surface area contributed by atoms with Crippen LogP contribution in [0.3, 0.4) is 0 Å². The standard InChI is InChI=1S/C9H11FN2O2/c1-6(5-13)11-9(14)7-3-2-4-8(10)12-7/h2-4,6,13H,5H2,1H3,(H,11,14)/t6-/m0/s1. The van der Waals surface area contributed by atoms with Crippen LogP contribution in [-0.4, -0.2) is 28.6 Å². The van der Waals surface area contributed by atoms with Gasteiger partial charge in [-0.1, -0.05) is 6.07 Å². The highest BCUT2D eigenvalue weighted by atomic mass is 19.1. The summed E-state index contributed by atoms with van der Waals surface area (Å²) in [6.45, 7) is 1.47. The van der Waals surface area contributed by atoms with Crippen LogP contribution in [0.1, 0.15) is 17.4 Å². The molecule has 0 aliphatic heterocycles. The number of aliphatic hydroxyl groups excluding tert-OH is 1. The first-order chi connectivity index (χ1) is 6.63. The number of pyridine rings is 1. The molecular formula is C9H11FN2O2. The minimum atomic E-state index is -0.700. The lowest BCUT2D eigenvalue weighted by molar-refractivity contribution is 0.0916. The van der Waals surface area contributed by atoms with Crippen molar-refractivity contribution in [2.24, 2.45) is 0 Å². The van der Waals surface area contributed by atoms with Crippen molar-refractivity contribution in [2.75, 3.05) is 6.61 Å². The number of amides is 1. The van der Waals surface area contributed by atoms with Crippen LogP contribution in [0, 0.1) is 5.95 Å². The monoisotopic (exact) mass is 198 g/mol. The Morgan fingerprint density at radius 2 is 2.43 bits per heavy atom. The Labute approximate surface area is 80.8 Å². The van der Waals surface area contributed by atoms with Gasteiger partial charge < -0.3 is 10.4 Å². The second-order valence-electron chi connectivity index (χ2n) is 2.90. The predicted molar refractivity (Wildman–Crippen MR) is 48.2 cm³/mol. The van der Waals surface area contributed by atoms with E-state index in [1.807, 2.05) is 0 Å². The third-order valence-electron chi connectivity index (χ3n) is 1.60. The number of rotatable bonds is 3. The van der Waals surface area contributed by atoms with Gasteiger partial charge in [-0.25, -0.2) is 4.98 Å². The van der Waals surface area contributed by atoms with Crippen LogP contribution in [0.15, 0.2) is 18.2 Å². The summed E-state index contributed by atoms with van der Waals surface area (Å²) in [5.74, 6) is -1.19. The largest absolute Gasteiger partial charge is 0.394 e. The van der Waals surface area contributed by atoms with E-state index in [0.717, 1.165) is 6.07 Å².